The van der Waals surface area contributed by atoms with Crippen LogP contribution in [0.25, 0.3) is 5.69 Å². The van der Waals surface area contributed by atoms with Gasteiger partial charge in [0.1, 0.15) is 11.5 Å². The summed E-state index contributed by atoms with van der Waals surface area (Å²) in [5, 5.41) is 0. The Kier molecular flexibility index (Phi) is 7.13. The predicted octanol–water partition coefficient (Wildman–Crippen LogP) is 4.47. The van der Waals surface area contributed by atoms with E-state index < -0.39 is 5.97 Å². The van der Waals surface area contributed by atoms with Crippen LogP contribution in [0.2, 0.25) is 0 Å². The molecule has 0 radical (unpaired) electrons. The monoisotopic (exact) mass is 421 g/mol. The summed E-state index contributed by atoms with van der Waals surface area (Å²) in [6.07, 6.45) is 0.668. The molecule has 162 valence electrons. The number of benzene rings is 2. The van der Waals surface area contributed by atoms with Gasteiger partial charge in [-0.1, -0.05) is 18.2 Å². The lowest BCUT2D eigenvalue weighted by Crippen LogP contribution is -2.15. The van der Waals surface area contributed by atoms with Gasteiger partial charge in [0.25, 0.3) is 0 Å². The van der Waals surface area contributed by atoms with E-state index in [0.29, 0.717) is 12.0 Å². The number of aryl methyl sites for hydroxylation is 2. The van der Waals surface area contributed by atoms with Gasteiger partial charge in [0.2, 0.25) is 5.78 Å². The molecule has 0 bridgehead atoms. The minimum atomic E-state index is -0.414. The van der Waals surface area contributed by atoms with E-state index in [1.165, 1.54) is 0 Å². The number of para-hydroxylation sites is 1. The van der Waals surface area contributed by atoms with Crippen LogP contribution in [-0.4, -0.2) is 37.1 Å². The van der Waals surface area contributed by atoms with Crippen LogP contribution in [0.4, 0.5) is 0 Å². The molecular weight excluding hydrogens is 394 g/mol. The highest BCUT2D eigenvalue weighted by Gasteiger charge is 2.18. The molecule has 0 saturated heterocycles. The molecule has 1 aromatic heterocycles. The number of hydrogen-bond donors (Lipinski definition) is 0. The first-order chi connectivity index (χ1) is 14.9. The van der Waals surface area contributed by atoms with Crippen molar-refractivity contribution in [3.8, 4) is 17.2 Å². The second-order valence-corrected chi connectivity index (χ2v) is 7.21. The van der Waals surface area contributed by atoms with Crippen molar-refractivity contribution in [1.82, 2.24) is 4.57 Å². The number of nitrogens with zero attached hydrogens (tertiary/aromatic N) is 1. The molecule has 0 aliphatic carbocycles. The third kappa shape index (κ3) is 5.15. The Morgan fingerprint density at radius 1 is 0.935 bits per heavy atom. The first-order valence-corrected chi connectivity index (χ1v) is 10.1. The molecule has 0 spiro atoms. The average molecular weight is 421 g/mol. The number of hydrogen-bond acceptors (Lipinski definition) is 5. The predicted molar refractivity (Wildman–Crippen MR) is 118 cm³/mol. The van der Waals surface area contributed by atoms with Crippen molar-refractivity contribution in [2.45, 2.75) is 26.7 Å². The van der Waals surface area contributed by atoms with Gasteiger partial charge in [0.15, 0.2) is 6.61 Å². The molecule has 0 aliphatic heterocycles. The summed E-state index contributed by atoms with van der Waals surface area (Å²) in [5.74, 6) is 0.863. The summed E-state index contributed by atoms with van der Waals surface area (Å²) in [4.78, 5) is 24.9. The zero-order valence-electron chi connectivity index (χ0n) is 18.3. The number of rotatable bonds is 9. The SMILES string of the molecule is COc1ccc(-n2c(C)cc(C(=O)COC(=O)CCc3ccccc3OC)c2C)cc1. The lowest BCUT2D eigenvalue weighted by molar-refractivity contribution is -0.142. The fourth-order valence-electron chi connectivity index (χ4n) is 3.62. The number of Topliss-reactive ketones (excluding diaryl/α,β-unsaturated/α-hetero) is 1. The third-order valence-corrected chi connectivity index (χ3v) is 5.22. The Morgan fingerprint density at radius 3 is 2.32 bits per heavy atom. The standard InChI is InChI=1S/C25H27NO5/c1-17-15-22(18(2)26(17)20-10-12-21(29-3)13-11-20)23(27)16-31-25(28)14-9-19-7-5-6-8-24(19)30-4/h5-8,10-13,15H,9,14,16H2,1-4H3. The molecule has 0 unspecified atom stereocenters. The fourth-order valence-corrected chi connectivity index (χ4v) is 3.62. The molecule has 3 rings (SSSR count). The van der Waals surface area contributed by atoms with Crippen LogP contribution in [0.1, 0.15) is 33.7 Å². The molecule has 2 aromatic carbocycles. The zero-order valence-corrected chi connectivity index (χ0v) is 18.3. The maximum Gasteiger partial charge on any atom is 0.306 e. The van der Waals surface area contributed by atoms with Crippen LogP contribution in [0.5, 0.6) is 11.5 Å². The van der Waals surface area contributed by atoms with Crippen molar-refractivity contribution in [1.29, 1.82) is 0 Å². The second kappa shape index (κ2) is 9.98. The highest BCUT2D eigenvalue weighted by molar-refractivity contribution is 5.99. The quantitative estimate of drug-likeness (QED) is 0.377. The minimum Gasteiger partial charge on any atom is -0.497 e. The van der Waals surface area contributed by atoms with Crippen molar-refractivity contribution in [3.63, 3.8) is 0 Å². The van der Waals surface area contributed by atoms with Crippen molar-refractivity contribution in [2.24, 2.45) is 0 Å². The van der Waals surface area contributed by atoms with Gasteiger partial charge in [0, 0.05) is 29.1 Å². The molecule has 6 heteroatoms. The number of ether oxygens (including phenoxy) is 3. The first kappa shape index (κ1) is 22.2. The summed E-state index contributed by atoms with van der Waals surface area (Å²) in [5.41, 5.74) is 4.14. The molecule has 6 nitrogen and oxygen atoms in total. The number of methoxy groups -OCH3 is 2. The molecule has 3 aromatic rings. The Bertz CT molecular complexity index is 1070. The van der Waals surface area contributed by atoms with Gasteiger partial charge in [-0.25, -0.2) is 0 Å². The van der Waals surface area contributed by atoms with Crippen LogP contribution in [-0.2, 0) is 16.0 Å². The maximum atomic E-state index is 12.7. The summed E-state index contributed by atoms with van der Waals surface area (Å²) in [7, 11) is 3.22. The molecule has 31 heavy (non-hydrogen) atoms. The molecule has 0 amide bonds. The van der Waals surface area contributed by atoms with Crippen molar-refractivity contribution < 1.29 is 23.8 Å². The van der Waals surface area contributed by atoms with Crippen molar-refractivity contribution in [2.75, 3.05) is 20.8 Å². The van der Waals surface area contributed by atoms with E-state index in [1.54, 1.807) is 14.2 Å². The van der Waals surface area contributed by atoms with E-state index in [0.717, 1.165) is 34.1 Å². The van der Waals surface area contributed by atoms with Crippen molar-refractivity contribution >= 4 is 11.8 Å². The smallest absolute Gasteiger partial charge is 0.306 e. The number of carbonyl (C=O) groups excluding carboxylic acids is 2. The zero-order chi connectivity index (χ0) is 22.4. The van der Waals surface area contributed by atoms with Crippen LogP contribution in [0.15, 0.2) is 54.6 Å². The molecule has 0 aliphatic rings. The Labute approximate surface area is 182 Å². The molecule has 0 N–H and O–H groups in total. The Morgan fingerprint density at radius 2 is 1.65 bits per heavy atom. The summed E-state index contributed by atoms with van der Waals surface area (Å²) in [6.45, 7) is 3.54. The van der Waals surface area contributed by atoms with Gasteiger partial charge in [-0.15, -0.1) is 0 Å². The Balaban J connectivity index is 1.62. The third-order valence-electron chi connectivity index (χ3n) is 5.22. The van der Waals surface area contributed by atoms with Crippen LogP contribution in [0, 0.1) is 13.8 Å². The lowest BCUT2D eigenvalue weighted by atomic mass is 10.1. The number of carbonyl (C=O) groups is 2. The molecule has 1 heterocycles. The van der Waals surface area contributed by atoms with Crippen LogP contribution >= 0.6 is 0 Å². The highest BCUT2D eigenvalue weighted by Crippen LogP contribution is 2.23. The Hall–Kier alpha value is -3.54. The fraction of sp³-hybridized carbons (Fsp3) is 0.280. The molecular formula is C25H27NO5. The largest absolute Gasteiger partial charge is 0.497 e. The van der Waals surface area contributed by atoms with Crippen LogP contribution < -0.4 is 9.47 Å². The van der Waals surface area contributed by atoms with Gasteiger partial charge in [-0.05, 0) is 62.2 Å². The van der Waals surface area contributed by atoms with Gasteiger partial charge in [-0.2, -0.15) is 0 Å². The van der Waals surface area contributed by atoms with Gasteiger partial charge < -0.3 is 18.8 Å². The first-order valence-electron chi connectivity index (χ1n) is 10.1. The number of esters is 1. The van der Waals surface area contributed by atoms with E-state index in [-0.39, 0.29) is 18.8 Å². The van der Waals surface area contributed by atoms with E-state index in [9.17, 15) is 9.59 Å². The van der Waals surface area contributed by atoms with E-state index in [2.05, 4.69) is 0 Å². The summed E-state index contributed by atoms with van der Waals surface area (Å²) >= 11 is 0. The summed E-state index contributed by atoms with van der Waals surface area (Å²) < 4.78 is 17.7. The topological polar surface area (TPSA) is 66.8 Å². The molecule has 0 fully saturated rings. The number of ketones is 1. The number of aromatic nitrogens is 1. The summed E-state index contributed by atoms with van der Waals surface area (Å²) in [6, 6.07) is 17.0. The minimum absolute atomic E-state index is 0.179. The lowest BCUT2D eigenvalue weighted by Gasteiger charge is -2.11. The van der Waals surface area contributed by atoms with Gasteiger partial charge >= 0.3 is 5.97 Å². The molecule has 0 saturated carbocycles. The normalized spacial score (nSPS) is 10.6. The highest BCUT2D eigenvalue weighted by atomic mass is 16.5. The second-order valence-electron chi connectivity index (χ2n) is 7.21. The van der Waals surface area contributed by atoms with Gasteiger partial charge in [-0.3, -0.25) is 9.59 Å². The van der Waals surface area contributed by atoms with E-state index >= 15 is 0 Å². The van der Waals surface area contributed by atoms with E-state index in [4.69, 9.17) is 14.2 Å². The van der Waals surface area contributed by atoms with Gasteiger partial charge in [0.05, 0.1) is 14.2 Å². The average Bonchev–Trinajstić information content (AvgIpc) is 3.10. The molecule has 0 atom stereocenters. The maximum absolute atomic E-state index is 12.7. The van der Waals surface area contributed by atoms with E-state index in [1.807, 2.05) is 73.0 Å². The van der Waals surface area contributed by atoms with Crippen LogP contribution in [0.3, 0.4) is 0 Å². The van der Waals surface area contributed by atoms with Crippen molar-refractivity contribution in [3.05, 3.63) is 77.1 Å².